The highest BCUT2D eigenvalue weighted by Gasteiger charge is 2.34. The molecule has 0 radical (unpaired) electrons. The fraction of sp³-hybridized carbons (Fsp3) is 0.833. The SMILES string of the molecule is CCS(=O)(=O)CCNCC1CC2C=CC1C2. The van der Waals surface area contributed by atoms with E-state index in [0.29, 0.717) is 6.54 Å². The van der Waals surface area contributed by atoms with Gasteiger partial charge in [0.15, 0.2) is 9.84 Å². The van der Waals surface area contributed by atoms with Crippen LogP contribution < -0.4 is 5.32 Å². The first-order valence-corrected chi connectivity index (χ1v) is 8.02. The Balaban J connectivity index is 1.64. The van der Waals surface area contributed by atoms with Gasteiger partial charge < -0.3 is 5.32 Å². The topological polar surface area (TPSA) is 46.2 Å². The van der Waals surface area contributed by atoms with E-state index in [1.165, 1.54) is 12.8 Å². The molecule has 2 bridgehead atoms. The third-order valence-electron chi connectivity index (χ3n) is 3.85. The van der Waals surface area contributed by atoms with E-state index >= 15 is 0 Å². The highest BCUT2D eigenvalue weighted by molar-refractivity contribution is 7.91. The molecule has 1 N–H and O–H groups in total. The van der Waals surface area contributed by atoms with Crippen molar-refractivity contribution < 1.29 is 8.42 Å². The second-order valence-corrected chi connectivity index (χ2v) is 7.45. The third-order valence-corrected chi connectivity index (χ3v) is 5.56. The predicted molar refractivity (Wildman–Crippen MR) is 66.0 cm³/mol. The van der Waals surface area contributed by atoms with Crippen molar-refractivity contribution >= 4 is 9.84 Å². The minimum absolute atomic E-state index is 0.256. The zero-order chi connectivity index (χ0) is 11.6. The zero-order valence-corrected chi connectivity index (χ0v) is 10.7. The first-order chi connectivity index (χ1) is 7.61. The van der Waals surface area contributed by atoms with Crippen LogP contribution in [-0.2, 0) is 9.84 Å². The molecule has 3 atom stereocenters. The normalized spacial score (nSPS) is 32.4. The van der Waals surface area contributed by atoms with Gasteiger partial charge in [0.1, 0.15) is 0 Å². The highest BCUT2D eigenvalue weighted by Crippen LogP contribution is 2.42. The summed E-state index contributed by atoms with van der Waals surface area (Å²) in [5.74, 6) is 2.82. The lowest BCUT2D eigenvalue weighted by atomic mass is 9.94. The van der Waals surface area contributed by atoms with Crippen LogP contribution >= 0.6 is 0 Å². The van der Waals surface area contributed by atoms with Crippen molar-refractivity contribution in [1.82, 2.24) is 5.32 Å². The molecule has 3 unspecified atom stereocenters. The summed E-state index contributed by atoms with van der Waals surface area (Å²) in [7, 11) is -2.80. The van der Waals surface area contributed by atoms with Crippen LogP contribution in [0.25, 0.3) is 0 Å². The number of fused-ring (bicyclic) bond motifs is 2. The number of hydrogen-bond acceptors (Lipinski definition) is 3. The zero-order valence-electron chi connectivity index (χ0n) is 9.85. The van der Waals surface area contributed by atoms with Crippen molar-refractivity contribution in [3.63, 3.8) is 0 Å². The van der Waals surface area contributed by atoms with E-state index < -0.39 is 9.84 Å². The van der Waals surface area contributed by atoms with Gasteiger partial charge in [-0.3, -0.25) is 0 Å². The van der Waals surface area contributed by atoms with Crippen LogP contribution in [-0.4, -0.2) is 33.0 Å². The highest BCUT2D eigenvalue weighted by atomic mass is 32.2. The lowest BCUT2D eigenvalue weighted by molar-refractivity contribution is 0.419. The first kappa shape index (κ1) is 12.1. The van der Waals surface area contributed by atoms with Gasteiger partial charge >= 0.3 is 0 Å². The molecule has 0 amide bonds. The lowest BCUT2D eigenvalue weighted by Gasteiger charge is -2.18. The standard InChI is InChI=1S/C12H21NO2S/c1-2-16(14,15)6-5-13-9-12-8-10-3-4-11(12)7-10/h3-4,10-13H,2,5-9H2,1H3. The van der Waals surface area contributed by atoms with E-state index in [-0.39, 0.29) is 11.5 Å². The van der Waals surface area contributed by atoms with Crippen molar-refractivity contribution in [3.05, 3.63) is 12.2 Å². The number of rotatable bonds is 6. The fourth-order valence-electron chi connectivity index (χ4n) is 2.79. The summed E-state index contributed by atoms with van der Waals surface area (Å²) in [5.41, 5.74) is 0. The van der Waals surface area contributed by atoms with Gasteiger partial charge in [0.05, 0.1) is 5.75 Å². The van der Waals surface area contributed by atoms with Crippen LogP contribution in [0.5, 0.6) is 0 Å². The van der Waals surface area contributed by atoms with Crippen LogP contribution in [0, 0.1) is 17.8 Å². The van der Waals surface area contributed by atoms with Crippen LogP contribution in [0.4, 0.5) is 0 Å². The summed E-state index contributed by atoms with van der Waals surface area (Å²) in [5, 5.41) is 3.29. The van der Waals surface area contributed by atoms with Gasteiger partial charge in [-0.25, -0.2) is 8.42 Å². The Morgan fingerprint density at radius 3 is 2.69 bits per heavy atom. The van der Waals surface area contributed by atoms with E-state index in [1.54, 1.807) is 6.92 Å². The third kappa shape index (κ3) is 2.86. The number of nitrogens with one attached hydrogen (secondary N) is 1. The molecule has 0 aliphatic heterocycles. The Hall–Kier alpha value is -0.350. The van der Waals surface area contributed by atoms with Crippen LogP contribution in [0.15, 0.2) is 12.2 Å². The summed E-state index contributed by atoms with van der Waals surface area (Å²) in [6.07, 6.45) is 7.28. The van der Waals surface area contributed by atoms with Crippen molar-refractivity contribution in [2.45, 2.75) is 19.8 Å². The van der Waals surface area contributed by atoms with Gasteiger partial charge in [-0.2, -0.15) is 0 Å². The second kappa shape index (κ2) is 4.88. The number of allylic oxidation sites excluding steroid dienone is 2. The van der Waals surface area contributed by atoms with E-state index in [1.807, 2.05) is 0 Å². The van der Waals surface area contributed by atoms with Crippen LogP contribution in [0.3, 0.4) is 0 Å². The molecule has 3 nitrogen and oxygen atoms in total. The molecule has 0 aromatic carbocycles. The van der Waals surface area contributed by atoms with Gasteiger partial charge in [0.2, 0.25) is 0 Å². The van der Waals surface area contributed by atoms with Crippen molar-refractivity contribution in [1.29, 1.82) is 0 Å². The largest absolute Gasteiger partial charge is 0.315 e. The number of sulfone groups is 1. The maximum absolute atomic E-state index is 11.3. The summed E-state index contributed by atoms with van der Waals surface area (Å²) >= 11 is 0. The Labute approximate surface area is 98.2 Å². The molecule has 0 saturated heterocycles. The van der Waals surface area contributed by atoms with Gasteiger partial charge in [-0.05, 0) is 37.1 Å². The van der Waals surface area contributed by atoms with Crippen molar-refractivity contribution in [3.8, 4) is 0 Å². The lowest BCUT2D eigenvalue weighted by Crippen LogP contribution is -2.30. The minimum Gasteiger partial charge on any atom is -0.315 e. The average Bonchev–Trinajstić information content (AvgIpc) is 2.86. The van der Waals surface area contributed by atoms with E-state index in [4.69, 9.17) is 0 Å². The first-order valence-electron chi connectivity index (χ1n) is 6.20. The monoisotopic (exact) mass is 243 g/mol. The number of hydrogen-bond donors (Lipinski definition) is 1. The molecule has 1 fully saturated rings. The molecule has 2 aliphatic carbocycles. The molecule has 92 valence electrons. The van der Waals surface area contributed by atoms with Gasteiger partial charge in [0.25, 0.3) is 0 Å². The molecular weight excluding hydrogens is 222 g/mol. The fourth-order valence-corrected chi connectivity index (χ4v) is 3.53. The van der Waals surface area contributed by atoms with E-state index in [2.05, 4.69) is 17.5 Å². The molecule has 0 aromatic heterocycles. The van der Waals surface area contributed by atoms with Crippen LogP contribution in [0.1, 0.15) is 19.8 Å². The van der Waals surface area contributed by atoms with E-state index in [9.17, 15) is 8.42 Å². The Morgan fingerprint density at radius 1 is 1.31 bits per heavy atom. The summed E-state index contributed by atoms with van der Waals surface area (Å²) in [4.78, 5) is 0. The van der Waals surface area contributed by atoms with Gasteiger partial charge in [-0.1, -0.05) is 19.1 Å². The van der Waals surface area contributed by atoms with Gasteiger partial charge in [0, 0.05) is 12.3 Å². The molecule has 0 heterocycles. The molecule has 16 heavy (non-hydrogen) atoms. The maximum atomic E-state index is 11.3. The van der Waals surface area contributed by atoms with Crippen LogP contribution in [0.2, 0.25) is 0 Å². The molecule has 2 rings (SSSR count). The Morgan fingerprint density at radius 2 is 2.12 bits per heavy atom. The molecule has 0 aromatic rings. The summed E-state index contributed by atoms with van der Waals surface area (Å²) in [6, 6.07) is 0. The Bertz CT molecular complexity index is 361. The predicted octanol–water partition coefficient (Wildman–Crippen LogP) is 1.22. The molecule has 0 spiro atoms. The van der Waals surface area contributed by atoms with Crippen molar-refractivity contribution in [2.75, 3.05) is 24.6 Å². The molecule has 4 heteroatoms. The quantitative estimate of drug-likeness (QED) is 0.563. The smallest absolute Gasteiger partial charge is 0.151 e. The molecular formula is C12H21NO2S. The molecule has 1 saturated carbocycles. The van der Waals surface area contributed by atoms with Crippen molar-refractivity contribution in [2.24, 2.45) is 17.8 Å². The van der Waals surface area contributed by atoms with Gasteiger partial charge in [-0.15, -0.1) is 0 Å². The summed E-state index contributed by atoms with van der Waals surface area (Å²) in [6.45, 7) is 3.29. The average molecular weight is 243 g/mol. The Kier molecular flexibility index (Phi) is 3.70. The second-order valence-electron chi connectivity index (χ2n) is 4.98. The minimum atomic E-state index is -2.80. The van der Waals surface area contributed by atoms with E-state index in [0.717, 1.165) is 24.3 Å². The molecule has 2 aliphatic rings. The summed E-state index contributed by atoms with van der Waals surface area (Å²) < 4.78 is 22.5. The maximum Gasteiger partial charge on any atom is 0.151 e.